The standard InChI is InChI=1S/C22H17NO4/c1-25-19-13-7-8-15-14-20(27-21(15)19)22(24)23-17-11-5-6-12-18(17)26-16-9-3-2-4-10-16/h2-14H,1H3,(H,23,24). The van der Waals surface area contributed by atoms with Gasteiger partial charge in [0.25, 0.3) is 5.91 Å². The summed E-state index contributed by atoms with van der Waals surface area (Å²) in [6.45, 7) is 0. The largest absolute Gasteiger partial charge is 0.493 e. The molecule has 0 fully saturated rings. The normalized spacial score (nSPS) is 10.6. The Balaban J connectivity index is 1.60. The van der Waals surface area contributed by atoms with Gasteiger partial charge in [0.2, 0.25) is 0 Å². The molecule has 0 aliphatic carbocycles. The fourth-order valence-electron chi connectivity index (χ4n) is 2.77. The zero-order valence-corrected chi connectivity index (χ0v) is 14.6. The van der Waals surface area contributed by atoms with Crippen molar-refractivity contribution in [3.05, 3.63) is 84.6 Å². The van der Waals surface area contributed by atoms with Crippen molar-refractivity contribution in [1.29, 1.82) is 0 Å². The quantitative estimate of drug-likeness (QED) is 0.512. The molecule has 27 heavy (non-hydrogen) atoms. The van der Waals surface area contributed by atoms with Crippen LogP contribution in [-0.4, -0.2) is 13.0 Å². The lowest BCUT2D eigenvalue weighted by molar-refractivity contribution is 0.0998. The minimum absolute atomic E-state index is 0.198. The van der Waals surface area contributed by atoms with Gasteiger partial charge in [0, 0.05) is 5.39 Å². The molecular formula is C22H17NO4. The van der Waals surface area contributed by atoms with Gasteiger partial charge in [-0.05, 0) is 36.4 Å². The molecule has 0 aliphatic heterocycles. The van der Waals surface area contributed by atoms with E-state index in [1.807, 2.05) is 54.6 Å². The number of methoxy groups -OCH3 is 1. The first kappa shape index (κ1) is 16.7. The van der Waals surface area contributed by atoms with Gasteiger partial charge in [-0.15, -0.1) is 0 Å². The van der Waals surface area contributed by atoms with E-state index in [-0.39, 0.29) is 11.7 Å². The van der Waals surface area contributed by atoms with Crippen molar-refractivity contribution in [3.63, 3.8) is 0 Å². The van der Waals surface area contributed by atoms with Crippen LogP contribution in [0.2, 0.25) is 0 Å². The predicted octanol–water partition coefficient (Wildman–Crippen LogP) is 5.49. The number of hydrogen-bond acceptors (Lipinski definition) is 4. The van der Waals surface area contributed by atoms with Crippen LogP contribution in [0.15, 0.2) is 83.3 Å². The van der Waals surface area contributed by atoms with E-state index in [1.54, 1.807) is 31.4 Å². The first-order valence-corrected chi connectivity index (χ1v) is 8.44. The van der Waals surface area contributed by atoms with E-state index in [0.717, 1.165) is 5.39 Å². The highest BCUT2D eigenvalue weighted by molar-refractivity contribution is 6.05. The summed E-state index contributed by atoms with van der Waals surface area (Å²) in [5.41, 5.74) is 1.10. The molecular weight excluding hydrogens is 342 g/mol. The lowest BCUT2D eigenvalue weighted by Gasteiger charge is -2.11. The molecule has 1 N–H and O–H groups in total. The molecule has 4 aromatic rings. The summed E-state index contributed by atoms with van der Waals surface area (Å²) < 4.78 is 16.9. The second kappa shape index (κ2) is 7.25. The highest BCUT2D eigenvalue weighted by atomic mass is 16.5. The van der Waals surface area contributed by atoms with Crippen LogP contribution in [0.4, 0.5) is 5.69 Å². The monoisotopic (exact) mass is 359 g/mol. The Kier molecular flexibility index (Phi) is 4.49. The van der Waals surface area contributed by atoms with E-state index in [4.69, 9.17) is 13.9 Å². The molecule has 0 spiro atoms. The number of fused-ring (bicyclic) bond motifs is 1. The topological polar surface area (TPSA) is 60.7 Å². The second-order valence-electron chi connectivity index (χ2n) is 5.85. The van der Waals surface area contributed by atoms with Crippen molar-refractivity contribution >= 4 is 22.6 Å². The average molecular weight is 359 g/mol. The molecule has 0 atom stereocenters. The number of ether oxygens (including phenoxy) is 2. The number of anilines is 1. The molecule has 1 amide bonds. The number of para-hydroxylation sites is 4. The SMILES string of the molecule is COc1cccc2cc(C(=O)Nc3ccccc3Oc3ccccc3)oc12. The fraction of sp³-hybridized carbons (Fsp3) is 0.0455. The predicted molar refractivity (Wildman–Crippen MR) is 104 cm³/mol. The third kappa shape index (κ3) is 3.48. The zero-order valence-electron chi connectivity index (χ0n) is 14.6. The summed E-state index contributed by atoms with van der Waals surface area (Å²) >= 11 is 0. The molecule has 0 radical (unpaired) electrons. The van der Waals surface area contributed by atoms with E-state index < -0.39 is 0 Å². The van der Waals surface area contributed by atoms with Gasteiger partial charge in [-0.3, -0.25) is 4.79 Å². The molecule has 4 rings (SSSR count). The number of carbonyl (C=O) groups excluding carboxylic acids is 1. The van der Waals surface area contributed by atoms with Gasteiger partial charge in [-0.25, -0.2) is 0 Å². The van der Waals surface area contributed by atoms with Crippen molar-refractivity contribution in [3.8, 4) is 17.2 Å². The maximum Gasteiger partial charge on any atom is 0.291 e. The molecule has 0 saturated heterocycles. The Bertz CT molecular complexity index is 1090. The molecule has 134 valence electrons. The third-order valence-electron chi connectivity index (χ3n) is 4.06. The summed E-state index contributed by atoms with van der Waals surface area (Å²) in [4.78, 5) is 12.7. The molecule has 3 aromatic carbocycles. The summed E-state index contributed by atoms with van der Waals surface area (Å²) in [7, 11) is 1.56. The van der Waals surface area contributed by atoms with Crippen molar-refractivity contribution in [1.82, 2.24) is 0 Å². The lowest BCUT2D eigenvalue weighted by Crippen LogP contribution is -2.11. The number of rotatable bonds is 5. The maximum absolute atomic E-state index is 12.7. The summed E-state index contributed by atoms with van der Waals surface area (Å²) in [6.07, 6.45) is 0. The minimum Gasteiger partial charge on any atom is -0.493 e. The molecule has 0 aliphatic rings. The van der Waals surface area contributed by atoms with Crippen LogP contribution in [0.5, 0.6) is 17.2 Å². The van der Waals surface area contributed by atoms with E-state index in [2.05, 4.69) is 5.32 Å². The summed E-state index contributed by atoms with van der Waals surface area (Å²) in [5.74, 6) is 1.65. The third-order valence-corrected chi connectivity index (χ3v) is 4.06. The summed E-state index contributed by atoms with van der Waals surface area (Å²) in [6, 6.07) is 23.8. The van der Waals surface area contributed by atoms with Gasteiger partial charge >= 0.3 is 0 Å². The number of amides is 1. The molecule has 0 bridgehead atoms. The first-order valence-electron chi connectivity index (χ1n) is 8.44. The second-order valence-corrected chi connectivity index (χ2v) is 5.85. The van der Waals surface area contributed by atoms with E-state index in [1.165, 1.54) is 0 Å². The Labute approximate surface area is 156 Å². The molecule has 0 unspecified atom stereocenters. The Morgan fingerprint density at radius 2 is 1.63 bits per heavy atom. The number of carbonyl (C=O) groups is 1. The minimum atomic E-state index is -0.364. The first-order chi connectivity index (χ1) is 13.2. The van der Waals surface area contributed by atoms with Gasteiger partial charge < -0.3 is 19.2 Å². The van der Waals surface area contributed by atoms with Crippen LogP contribution in [0.1, 0.15) is 10.6 Å². The number of hydrogen-bond donors (Lipinski definition) is 1. The fourth-order valence-corrected chi connectivity index (χ4v) is 2.77. The maximum atomic E-state index is 12.7. The highest BCUT2D eigenvalue weighted by Gasteiger charge is 2.16. The summed E-state index contributed by atoms with van der Waals surface area (Å²) in [5, 5.41) is 3.65. The van der Waals surface area contributed by atoms with Crippen molar-refractivity contribution in [2.24, 2.45) is 0 Å². The van der Waals surface area contributed by atoms with Gasteiger partial charge in [-0.2, -0.15) is 0 Å². The van der Waals surface area contributed by atoms with Crippen molar-refractivity contribution in [2.75, 3.05) is 12.4 Å². The molecule has 1 heterocycles. The zero-order chi connectivity index (χ0) is 18.6. The van der Waals surface area contributed by atoms with Crippen LogP contribution >= 0.6 is 0 Å². The van der Waals surface area contributed by atoms with Gasteiger partial charge in [0.15, 0.2) is 22.8 Å². The van der Waals surface area contributed by atoms with E-state index >= 15 is 0 Å². The van der Waals surface area contributed by atoms with Crippen LogP contribution in [-0.2, 0) is 0 Å². The van der Waals surface area contributed by atoms with Crippen molar-refractivity contribution < 1.29 is 18.7 Å². The van der Waals surface area contributed by atoms with Gasteiger partial charge in [0.05, 0.1) is 12.8 Å². The smallest absolute Gasteiger partial charge is 0.291 e. The van der Waals surface area contributed by atoms with Crippen LogP contribution in [0.25, 0.3) is 11.0 Å². The molecule has 5 heteroatoms. The molecule has 1 aromatic heterocycles. The molecule has 5 nitrogen and oxygen atoms in total. The lowest BCUT2D eigenvalue weighted by atomic mass is 10.2. The van der Waals surface area contributed by atoms with Crippen LogP contribution < -0.4 is 14.8 Å². The van der Waals surface area contributed by atoms with Gasteiger partial charge in [-0.1, -0.05) is 42.5 Å². The Morgan fingerprint density at radius 1 is 0.889 bits per heavy atom. The van der Waals surface area contributed by atoms with Gasteiger partial charge in [0.1, 0.15) is 5.75 Å². The highest BCUT2D eigenvalue weighted by Crippen LogP contribution is 2.31. The number of benzene rings is 3. The number of furan rings is 1. The number of nitrogens with one attached hydrogen (secondary N) is 1. The Hall–Kier alpha value is -3.73. The van der Waals surface area contributed by atoms with Crippen molar-refractivity contribution in [2.45, 2.75) is 0 Å². The van der Waals surface area contributed by atoms with Crippen LogP contribution in [0.3, 0.4) is 0 Å². The van der Waals surface area contributed by atoms with E-state index in [9.17, 15) is 4.79 Å². The van der Waals surface area contributed by atoms with E-state index in [0.29, 0.717) is 28.5 Å². The Morgan fingerprint density at radius 3 is 2.44 bits per heavy atom. The molecule has 0 saturated carbocycles. The average Bonchev–Trinajstić information content (AvgIpc) is 3.15. The van der Waals surface area contributed by atoms with Crippen LogP contribution in [0, 0.1) is 0 Å².